The second kappa shape index (κ2) is 6.40. The summed E-state index contributed by atoms with van der Waals surface area (Å²) in [6.07, 6.45) is 6.26. The van der Waals surface area contributed by atoms with Crippen LogP contribution in [0.5, 0.6) is 0 Å². The highest BCUT2D eigenvalue weighted by Crippen LogP contribution is 2.52. The standard InChI is InChI=1S/C23H25N3O4/c27-18(6-7-25-22(29)20-14-4-5-15(9-14)21(20)23(25)30)24-10-13-8-16(12-24)17-2-1-3-19(28)26(17)11-13/h1-5,13-16,20-21H,6-12H2/t13-,14+,15+,16+,20-,21-/m1/s1. The number of likely N-dealkylation sites (tertiary alicyclic amines) is 2. The van der Waals surface area contributed by atoms with Gasteiger partial charge in [0.1, 0.15) is 0 Å². The van der Waals surface area contributed by atoms with Crippen molar-refractivity contribution in [3.05, 3.63) is 46.4 Å². The quantitative estimate of drug-likeness (QED) is 0.553. The van der Waals surface area contributed by atoms with Crippen LogP contribution < -0.4 is 5.56 Å². The second-order valence-electron chi connectivity index (χ2n) is 9.57. The monoisotopic (exact) mass is 407 g/mol. The fourth-order valence-corrected chi connectivity index (χ4v) is 6.65. The van der Waals surface area contributed by atoms with Crippen molar-refractivity contribution in [2.45, 2.75) is 31.7 Å². The van der Waals surface area contributed by atoms with E-state index in [9.17, 15) is 19.2 Å². The van der Waals surface area contributed by atoms with Gasteiger partial charge in [-0.1, -0.05) is 18.2 Å². The van der Waals surface area contributed by atoms with E-state index in [0.717, 1.165) is 18.5 Å². The Kier molecular flexibility index (Phi) is 3.86. The summed E-state index contributed by atoms with van der Waals surface area (Å²) in [6, 6.07) is 5.37. The van der Waals surface area contributed by atoms with E-state index in [1.54, 1.807) is 12.1 Å². The minimum absolute atomic E-state index is 0.00446. The summed E-state index contributed by atoms with van der Waals surface area (Å²) in [4.78, 5) is 54.0. The SMILES string of the molecule is O=C(CCN1C(=O)[C@H]2[C@H](C1=O)[C@H]1C=C[C@H]2C1)N1C[C@H]2C[C@@H](C1)c1cccc(=O)n1C2. The molecule has 6 rings (SSSR count). The van der Waals surface area contributed by atoms with Gasteiger partial charge >= 0.3 is 0 Å². The smallest absolute Gasteiger partial charge is 0.250 e. The van der Waals surface area contributed by atoms with Crippen LogP contribution in [0, 0.1) is 29.6 Å². The number of piperidine rings is 1. The molecule has 0 spiro atoms. The summed E-state index contributed by atoms with van der Waals surface area (Å²) >= 11 is 0. The average molecular weight is 407 g/mol. The van der Waals surface area contributed by atoms with E-state index in [0.29, 0.717) is 19.6 Å². The lowest BCUT2D eigenvalue weighted by Crippen LogP contribution is -2.49. The number of nitrogens with zero attached hydrogens (tertiary/aromatic N) is 3. The van der Waals surface area contributed by atoms with Gasteiger partial charge in [0.2, 0.25) is 17.7 Å². The van der Waals surface area contributed by atoms with Gasteiger partial charge < -0.3 is 9.47 Å². The van der Waals surface area contributed by atoms with Gasteiger partial charge in [-0.25, -0.2) is 0 Å². The Morgan fingerprint density at radius 1 is 0.933 bits per heavy atom. The zero-order valence-electron chi connectivity index (χ0n) is 16.8. The van der Waals surface area contributed by atoms with Gasteiger partial charge in [0, 0.05) is 50.3 Å². The van der Waals surface area contributed by atoms with Crippen LogP contribution in [0.2, 0.25) is 0 Å². The summed E-state index contributed by atoms with van der Waals surface area (Å²) in [5.41, 5.74) is 1.04. The first-order chi connectivity index (χ1) is 14.5. The summed E-state index contributed by atoms with van der Waals surface area (Å²) in [5.74, 6) is 0.262. The minimum atomic E-state index is -0.202. The lowest BCUT2D eigenvalue weighted by molar-refractivity contribution is -0.142. The summed E-state index contributed by atoms with van der Waals surface area (Å²) < 4.78 is 1.85. The molecule has 0 N–H and O–H groups in total. The number of carbonyl (C=O) groups is 3. The van der Waals surface area contributed by atoms with Crippen molar-refractivity contribution in [2.24, 2.45) is 29.6 Å². The molecule has 3 aliphatic heterocycles. The van der Waals surface area contributed by atoms with Gasteiger partial charge in [-0.3, -0.25) is 24.1 Å². The van der Waals surface area contributed by atoms with E-state index in [1.807, 2.05) is 15.5 Å². The first-order valence-electron chi connectivity index (χ1n) is 11.0. The molecule has 4 heterocycles. The van der Waals surface area contributed by atoms with E-state index in [4.69, 9.17) is 0 Å². The fourth-order valence-electron chi connectivity index (χ4n) is 6.65. The molecular weight excluding hydrogens is 382 g/mol. The molecule has 1 saturated carbocycles. The predicted molar refractivity (Wildman–Crippen MR) is 107 cm³/mol. The Hall–Kier alpha value is -2.70. The van der Waals surface area contributed by atoms with Crippen LogP contribution in [0.1, 0.15) is 30.9 Å². The maximum atomic E-state index is 13.0. The Labute approximate surface area is 174 Å². The zero-order valence-corrected chi connectivity index (χ0v) is 16.8. The van der Waals surface area contributed by atoms with Crippen molar-refractivity contribution in [1.29, 1.82) is 0 Å². The third-order valence-corrected chi connectivity index (χ3v) is 7.94. The average Bonchev–Trinajstić information content (AvgIpc) is 3.41. The predicted octanol–water partition coefficient (Wildman–Crippen LogP) is 0.991. The van der Waals surface area contributed by atoms with Crippen molar-refractivity contribution in [3.8, 4) is 0 Å². The van der Waals surface area contributed by atoms with Crippen molar-refractivity contribution >= 4 is 17.7 Å². The molecule has 0 unspecified atom stereocenters. The van der Waals surface area contributed by atoms with Crippen molar-refractivity contribution in [2.75, 3.05) is 19.6 Å². The van der Waals surface area contributed by atoms with Gasteiger partial charge in [-0.2, -0.15) is 0 Å². The number of rotatable bonds is 3. The molecule has 1 aromatic heterocycles. The highest BCUT2D eigenvalue weighted by Gasteiger charge is 2.59. The number of hydrogen-bond donors (Lipinski definition) is 0. The topological polar surface area (TPSA) is 79.7 Å². The number of fused-ring (bicyclic) bond motifs is 9. The van der Waals surface area contributed by atoms with Crippen LogP contribution in [0.15, 0.2) is 35.1 Å². The molecule has 3 amide bonds. The van der Waals surface area contributed by atoms with Crippen LogP contribution in [0.25, 0.3) is 0 Å². The van der Waals surface area contributed by atoms with Gasteiger partial charge in [0.15, 0.2) is 0 Å². The lowest BCUT2D eigenvalue weighted by Gasteiger charge is -2.42. The molecule has 5 aliphatic rings. The van der Waals surface area contributed by atoms with E-state index >= 15 is 0 Å². The van der Waals surface area contributed by atoms with E-state index in [-0.39, 0.29) is 71.8 Å². The van der Waals surface area contributed by atoms with Gasteiger partial charge in [-0.05, 0) is 36.7 Å². The lowest BCUT2D eigenvalue weighted by atomic mass is 9.83. The van der Waals surface area contributed by atoms with Crippen molar-refractivity contribution < 1.29 is 14.4 Å². The molecule has 6 atom stereocenters. The van der Waals surface area contributed by atoms with Gasteiger partial charge in [-0.15, -0.1) is 0 Å². The van der Waals surface area contributed by atoms with Crippen LogP contribution in [0.3, 0.4) is 0 Å². The Morgan fingerprint density at radius 3 is 2.40 bits per heavy atom. The minimum Gasteiger partial charge on any atom is -0.342 e. The van der Waals surface area contributed by atoms with E-state index < -0.39 is 0 Å². The molecule has 7 heteroatoms. The van der Waals surface area contributed by atoms with Crippen molar-refractivity contribution in [1.82, 2.24) is 14.4 Å². The molecule has 2 aliphatic carbocycles. The summed E-state index contributed by atoms with van der Waals surface area (Å²) in [6.45, 7) is 2.07. The molecule has 0 aromatic carbocycles. The van der Waals surface area contributed by atoms with Crippen LogP contribution >= 0.6 is 0 Å². The summed E-state index contributed by atoms with van der Waals surface area (Å²) in [7, 11) is 0. The zero-order chi connectivity index (χ0) is 20.6. The number of aromatic nitrogens is 1. The number of hydrogen-bond acceptors (Lipinski definition) is 4. The van der Waals surface area contributed by atoms with Crippen LogP contribution in [-0.2, 0) is 20.9 Å². The first kappa shape index (κ1) is 18.1. The Bertz CT molecular complexity index is 1010. The fraction of sp³-hybridized carbons (Fsp3) is 0.565. The van der Waals surface area contributed by atoms with Crippen LogP contribution in [0.4, 0.5) is 0 Å². The maximum Gasteiger partial charge on any atom is 0.250 e. The highest BCUT2D eigenvalue weighted by molar-refractivity contribution is 6.06. The number of imide groups is 1. The highest BCUT2D eigenvalue weighted by atomic mass is 16.2. The van der Waals surface area contributed by atoms with Gasteiger partial charge in [0.05, 0.1) is 11.8 Å². The molecule has 4 bridgehead atoms. The normalized spacial score (nSPS) is 35.7. The largest absolute Gasteiger partial charge is 0.342 e. The first-order valence-corrected chi connectivity index (χ1v) is 11.0. The van der Waals surface area contributed by atoms with Gasteiger partial charge in [0.25, 0.3) is 5.56 Å². The Morgan fingerprint density at radius 2 is 1.67 bits per heavy atom. The molecule has 156 valence electrons. The third kappa shape index (κ3) is 2.50. The van der Waals surface area contributed by atoms with E-state index in [1.165, 1.54) is 4.90 Å². The number of pyridine rings is 1. The third-order valence-electron chi connectivity index (χ3n) is 7.94. The van der Waals surface area contributed by atoms with Crippen LogP contribution in [-0.4, -0.2) is 51.7 Å². The molecule has 0 radical (unpaired) electrons. The molecule has 7 nitrogen and oxygen atoms in total. The summed E-state index contributed by atoms with van der Waals surface area (Å²) in [5, 5.41) is 0. The molecule has 1 aromatic rings. The Balaban J connectivity index is 1.13. The van der Waals surface area contributed by atoms with Crippen molar-refractivity contribution in [3.63, 3.8) is 0 Å². The van der Waals surface area contributed by atoms with E-state index in [2.05, 4.69) is 12.2 Å². The molecule has 3 fully saturated rings. The number of carbonyl (C=O) groups excluding carboxylic acids is 3. The number of allylic oxidation sites excluding steroid dienone is 2. The molecule has 2 saturated heterocycles. The second-order valence-corrected chi connectivity index (χ2v) is 9.57. The number of amides is 3. The molecule has 30 heavy (non-hydrogen) atoms. The maximum absolute atomic E-state index is 13.0. The molecular formula is C23H25N3O4.